The van der Waals surface area contributed by atoms with Gasteiger partial charge in [-0.15, -0.1) is 0 Å². The molecule has 1 saturated carbocycles. The molecule has 0 bridgehead atoms. The summed E-state index contributed by atoms with van der Waals surface area (Å²) in [6, 6.07) is 11.1. The summed E-state index contributed by atoms with van der Waals surface area (Å²) in [7, 11) is 0. The van der Waals surface area contributed by atoms with Crippen LogP contribution in [0.1, 0.15) is 61.2 Å². The number of aromatic nitrogens is 2. The maximum absolute atomic E-state index is 14.4. The monoisotopic (exact) mass is 669 g/mol. The zero-order valence-electron chi connectivity index (χ0n) is 26.9. The molecular formula is C36H36FN5O7. The van der Waals surface area contributed by atoms with Crippen molar-refractivity contribution in [3.05, 3.63) is 78.0 Å². The highest BCUT2D eigenvalue weighted by molar-refractivity contribution is 6.07. The Morgan fingerprint density at radius 2 is 1.92 bits per heavy atom. The molecule has 2 fully saturated rings. The molecule has 2 aromatic carbocycles. The highest BCUT2D eigenvalue weighted by Gasteiger charge is 2.61. The lowest BCUT2D eigenvalue weighted by Gasteiger charge is -2.29. The van der Waals surface area contributed by atoms with Crippen molar-refractivity contribution < 1.29 is 37.9 Å². The number of carboxylic acid groups (broad SMARTS) is 1. The third kappa shape index (κ3) is 6.32. The van der Waals surface area contributed by atoms with Crippen molar-refractivity contribution in [1.82, 2.24) is 25.7 Å². The average molecular weight is 670 g/mol. The number of pyridine rings is 1. The number of carbonyl (C=O) groups excluding carboxylic acids is 3. The molecule has 254 valence electrons. The van der Waals surface area contributed by atoms with Gasteiger partial charge in [-0.25, -0.2) is 14.2 Å². The van der Waals surface area contributed by atoms with E-state index in [2.05, 4.69) is 20.8 Å². The van der Waals surface area contributed by atoms with Crippen LogP contribution >= 0.6 is 0 Å². The fraction of sp³-hybridized carbons (Fsp3) is 0.389. The number of hydrogen-bond donors (Lipinski definition) is 3. The highest BCUT2D eigenvalue weighted by Crippen LogP contribution is 2.45. The summed E-state index contributed by atoms with van der Waals surface area (Å²) in [5.41, 5.74) is -1.06. The average Bonchev–Trinajstić information content (AvgIpc) is 3.36. The molecule has 49 heavy (non-hydrogen) atoms. The first-order chi connectivity index (χ1) is 23.6. The second-order valence-corrected chi connectivity index (χ2v) is 13.1. The Labute approximate surface area is 280 Å². The lowest BCUT2D eigenvalue weighted by molar-refractivity contribution is -0.145. The Morgan fingerprint density at radius 3 is 2.69 bits per heavy atom. The number of nitrogens with one attached hydrogen (secondary N) is 2. The van der Waals surface area contributed by atoms with Crippen LogP contribution in [0.3, 0.4) is 0 Å². The van der Waals surface area contributed by atoms with Gasteiger partial charge in [0, 0.05) is 35.2 Å². The first kappa shape index (κ1) is 32.2. The summed E-state index contributed by atoms with van der Waals surface area (Å²) in [5.74, 6) is -3.02. The molecule has 5 atom stereocenters. The van der Waals surface area contributed by atoms with Gasteiger partial charge in [-0.2, -0.15) is 0 Å². The van der Waals surface area contributed by atoms with Gasteiger partial charge in [0.25, 0.3) is 5.91 Å². The molecule has 1 saturated heterocycles. The Balaban J connectivity index is 1.22. The fourth-order valence-electron chi connectivity index (χ4n) is 7.00. The minimum atomic E-state index is -1.47. The summed E-state index contributed by atoms with van der Waals surface area (Å²) in [6.07, 6.45) is 6.58. The van der Waals surface area contributed by atoms with E-state index >= 15 is 0 Å². The minimum Gasteiger partial charge on any atom is -0.479 e. The van der Waals surface area contributed by atoms with Crippen LogP contribution in [0, 0.1) is 18.7 Å². The SMILES string of the molecule is Cc1cc(C(=O)N[C@H]2CCCCCC=C[C@@H]3C[C@@]3(C(=O)O)NC(=O)[C@@H]3C[C@@H](Oc4nc5cc(F)ccc5c5ccccc45)CN3C2=O)no1. The first-order valence-electron chi connectivity index (χ1n) is 16.5. The first-order valence-corrected chi connectivity index (χ1v) is 16.5. The summed E-state index contributed by atoms with van der Waals surface area (Å²) < 4.78 is 25.7. The molecule has 0 unspecified atom stereocenters. The Kier molecular flexibility index (Phi) is 8.51. The maximum Gasteiger partial charge on any atom is 0.330 e. The summed E-state index contributed by atoms with van der Waals surface area (Å²) in [5, 5.41) is 21.7. The Bertz CT molecular complexity index is 1990. The molecule has 12 nitrogen and oxygen atoms in total. The molecule has 1 aliphatic carbocycles. The number of halogens is 1. The number of aryl methyl sites for hydroxylation is 1. The van der Waals surface area contributed by atoms with Crippen LogP contribution in [-0.4, -0.2) is 74.1 Å². The van der Waals surface area contributed by atoms with Crippen molar-refractivity contribution in [2.75, 3.05) is 6.54 Å². The number of allylic oxidation sites excluding steroid dienone is 1. The van der Waals surface area contributed by atoms with Crippen molar-refractivity contribution in [2.24, 2.45) is 5.92 Å². The molecule has 2 aromatic heterocycles. The van der Waals surface area contributed by atoms with E-state index in [1.165, 1.54) is 23.1 Å². The van der Waals surface area contributed by atoms with Gasteiger partial charge in [-0.05, 0) is 56.2 Å². The number of ether oxygens (including phenoxy) is 1. The van der Waals surface area contributed by atoms with Crippen LogP contribution in [-0.2, 0) is 14.4 Å². The zero-order chi connectivity index (χ0) is 34.3. The number of hydrogen-bond acceptors (Lipinski definition) is 8. The molecule has 3 amide bonds. The van der Waals surface area contributed by atoms with Gasteiger partial charge >= 0.3 is 5.97 Å². The number of amides is 3. The number of aliphatic carboxylic acids is 1. The molecule has 0 radical (unpaired) electrons. The molecule has 4 aromatic rings. The highest BCUT2D eigenvalue weighted by atomic mass is 19.1. The van der Waals surface area contributed by atoms with Crippen LogP contribution in [0.2, 0.25) is 0 Å². The number of benzene rings is 2. The van der Waals surface area contributed by atoms with Crippen molar-refractivity contribution in [3.63, 3.8) is 0 Å². The summed E-state index contributed by atoms with van der Waals surface area (Å²) in [6.45, 7) is 1.62. The smallest absolute Gasteiger partial charge is 0.330 e. The summed E-state index contributed by atoms with van der Waals surface area (Å²) in [4.78, 5) is 59.9. The van der Waals surface area contributed by atoms with Crippen molar-refractivity contribution in [3.8, 4) is 5.88 Å². The van der Waals surface area contributed by atoms with Gasteiger partial charge in [-0.1, -0.05) is 48.3 Å². The van der Waals surface area contributed by atoms with Gasteiger partial charge in [0.2, 0.25) is 17.7 Å². The van der Waals surface area contributed by atoms with E-state index in [9.17, 15) is 28.7 Å². The second kappa shape index (κ2) is 12.9. The van der Waals surface area contributed by atoms with Crippen LogP contribution in [0.5, 0.6) is 5.88 Å². The van der Waals surface area contributed by atoms with Crippen molar-refractivity contribution in [1.29, 1.82) is 0 Å². The maximum atomic E-state index is 14.4. The minimum absolute atomic E-state index is 0.0251. The third-order valence-electron chi connectivity index (χ3n) is 9.69. The van der Waals surface area contributed by atoms with Crippen molar-refractivity contribution in [2.45, 2.75) is 75.6 Å². The van der Waals surface area contributed by atoms with Gasteiger partial charge < -0.3 is 29.9 Å². The predicted octanol–water partition coefficient (Wildman–Crippen LogP) is 4.45. The van der Waals surface area contributed by atoms with Gasteiger partial charge in [0.15, 0.2) is 5.69 Å². The van der Waals surface area contributed by atoms with E-state index in [0.717, 1.165) is 30.0 Å². The number of fused-ring (bicyclic) bond motifs is 5. The Hall–Kier alpha value is -5.33. The lowest BCUT2D eigenvalue weighted by Crippen LogP contribution is -2.56. The van der Waals surface area contributed by atoms with Crippen LogP contribution in [0.15, 0.2) is 65.2 Å². The topological polar surface area (TPSA) is 164 Å². The van der Waals surface area contributed by atoms with E-state index in [-0.39, 0.29) is 36.9 Å². The number of carboxylic acids is 1. The second-order valence-electron chi connectivity index (χ2n) is 13.1. The molecule has 3 N–H and O–H groups in total. The molecule has 0 spiro atoms. The van der Waals surface area contributed by atoms with E-state index < -0.39 is 53.2 Å². The molecule has 7 rings (SSSR count). The Morgan fingerprint density at radius 1 is 1.10 bits per heavy atom. The van der Waals surface area contributed by atoms with E-state index in [1.807, 2.05) is 36.4 Å². The largest absolute Gasteiger partial charge is 0.479 e. The van der Waals surface area contributed by atoms with Crippen molar-refractivity contribution >= 4 is 45.4 Å². The van der Waals surface area contributed by atoms with E-state index in [4.69, 9.17) is 9.26 Å². The third-order valence-corrected chi connectivity index (χ3v) is 9.69. The molecule has 3 aliphatic rings. The zero-order valence-corrected chi connectivity index (χ0v) is 26.9. The number of rotatable bonds is 5. The molecule has 13 heteroatoms. The molecular weight excluding hydrogens is 633 g/mol. The lowest BCUT2D eigenvalue weighted by atomic mass is 10.0. The fourth-order valence-corrected chi connectivity index (χ4v) is 7.00. The number of nitrogens with zero attached hydrogens (tertiary/aromatic N) is 3. The number of carbonyl (C=O) groups is 4. The normalized spacial score (nSPS) is 26.0. The van der Waals surface area contributed by atoms with Gasteiger partial charge in [-0.3, -0.25) is 14.4 Å². The van der Waals surface area contributed by atoms with Gasteiger partial charge in [0.1, 0.15) is 35.3 Å². The molecule has 4 heterocycles. The predicted molar refractivity (Wildman–Crippen MR) is 175 cm³/mol. The molecule has 2 aliphatic heterocycles. The van der Waals surface area contributed by atoms with Crippen LogP contribution in [0.25, 0.3) is 21.7 Å². The van der Waals surface area contributed by atoms with Gasteiger partial charge in [0.05, 0.1) is 12.1 Å². The quantitative estimate of drug-likeness (QED) is 0.206. The van der Waals surface area contributed by atoms with E-state index in [1.54, 1.807) is 13.0 Å². The summed E-state index contributed by atoms with van der Waals surface area (Å²) >= 11 is 0. The standard InChI is InChI=1S/C36H36FN5O7/c1-20-15-29(41-49-20)31(43)38-27-12-6-4-2-3-5-9-21-18-36(21,35(46)47)40-32(44)30-17-23(19-42(30)34(27)45)48-33-26-11-8-7-10-24(26)25-14-13-22(37)16-28(25)39-33/h5,7-11,13-16,21,23,27,30H,2-4,6,12,17-19H2,1H3,(H,38,43)(H,40,44)(H,46,47)/t21-,23-,27+,30+,36-/m1/s1. The van der Waals surface area contributed by atoms with Crippen LogP contribution < -0.4 is 15.4 Å². The van der Waals surface area contributed by atoms with E-state index in [0.29, 0.717) is 29.5 Å². The van der Waals surface area contributed by atoms with Crippen LogP contribution in [0.4, 0.5) is 4.39 Å².